The van der Waals surface area contributed by atoms with Gasteiger partial charge in [-0.3, -0.25) is 9.59 Å². The van der Waals surface area contributed by atoms with Gasteiger partial charge in [-0.05, 0) is 19.3 Å². The van der Waals surface area contributed by atoms with E-state index in [1.165, 1.54) is 26.2 Å². The van der Waals surface area contributed by atoms with Crippen LogP contribution in [0, 0.1) is 5.92 Å². The zero-order valence-electron chi connectivity index (χ0n) is 13.0. The van der Waals surface area contributed by atoms with Gasteiger partial charge in [0, 0.05) is 13.0 Å². The summed E-state index contributed by atoms with van der Waals surface area (Å²) in [6.45, 7) is 3.16. The predicted octanol–water partition coefficient (Wildman–Crippen LogP) is 0.713. The highest BCUT2D eigenvalue weighted by atomic mass is 16.5. The van der Waals surface area contributed by atoms with E-state index in [1.54, 1.807) is 6.92 Å². The Morgan fingerprint density at radius 1 is 1.33 bits per heavy atom. The second kappa shape index (κ2) is 9.00. The Bertz CT molecular complexity index is 343. The summed E-state index contributed by atoms with van der Waals surface area (Å²) < 4.78 is 4.90. The molecule has 0 aromatic heterocycles. The van der Waals surface area contributed by atoms with Crippen molar-refractivity contribution in [3.63, 3.8) is 0 Å². The minimum Gasteiger partial charge on any atom is -0.461 e. The molecule has 3 atom stereocenters. The number of nitrogens with two attached hydrogens (primary N) is 1. The maximum Gasteiger partial charge on any atom is 0.302 e. The van der Waals surface area contributed by atoms with E-state index < -0.39 is 30.1 Å². The van der Waals surface area contributed by atoms with Gasteiger partial charge in [-0.25, -0.2) is 0 Å². The van der Waals surface area contributed by atoms with E-state index in [4.69, 9.17) is 10.5 Å². The summed E-state index contributed by atoms with van der Waals surface area (Å²) in [4.78, 5) is 22.6. The third-order valence-electron chi connectivity index (χ3n) is 3.94. The minimum atomic E-state index is -1.21. The number of amides is 1. The second-order valence-corrected chi connectivity index (χ2v) is 6.01. The fraction of sp³-hybridized carbons (Fsp3) is 0.867. The Morgan fingerprint density at radius 3 is 2.52 bits per heavy atom. The maximum absolute atomic E-state index is 11.8. The van der Waals surface area contributed by atoms with E-state index in [1.807, 2.05) is 0 Å². The molecule has 1 amide bonds. The first kappa shape index (κ1) is 17.9. The number of aliphatic hydroxyl groups excluding tert-OH is 1. The van der Waals surface area contributed by atoms with Crippen LogP contribution in [-0.2, 0) is 14.3 Å². The van der Waals surface area contributed by atoms with Crippen molar-refractivity contribution in [3.8, 4) is 0 Å². The number of nitrogens with one attached hydrogen (secondary N) is 1. The molecule has 4 N–H and O–H groups in total. The van der Waals surface area contributed by atoms with Gasteiger partial charge in [0.1, 0.15) is 12.2 Å². The lowest BCUT2D eigenvalue weighted by molar-refractivity contribution is -0.146. The first-order valence-electron chi connectivity index (χ1n) is 7.78. The van der Waals surface area contributed by atoms with Gasteiger partial charge in [0.05, 0.1) is 6.54 Å². The average molecular weight is 300 g/mol. The number of carbonyl (C=O) groups excluding carboxylic acids is 2. The van der Waals surface area contributed by atoms with Crippen LogP contribution in [-0.4, -0.2) is 41.8 Å². The summed E-state index contributed by atoms with van der Waals surface area (Å²) in [5.41, 5.74) is 5.94. The summed E-state index contributed by atoms with van der Waals surface area (Å²) in [6, 6.07) is -0.544. The molecule has 1 fully saturated rings. The van der Waals surface area contributed by atoms with E-state index in [2.05, 4.69) is 5.32 Å². The Labute approximate surface area is 126 Å². The molecule has 0 heterocycles. The normalized spacial score (nSPS) is 20.4. The van der Waals surface area contributed by atoms with Crippen LogP contribution in [0.25, 0.3) is 0 Å². The molecule has 1 aliphatic carbocycles. The molecule has 1 unspecified atom stereocenters. The number of ether oxygens (including phenoxy) is 1. The van der Waals surface area contributed by atoms with Crippen molar-refractivity contribution in [1.82, 2.24) is 5.32 Å². The fourth-order valence-electron chi connectivity index (χ4n) is 2.80. The van der Waals surface area contributed by atoms with Crippen molar-refractivity contribution in [2.45, 2.75) is 70.6 Å². The number of hydrogen-bond donors (Lipinski definition) is 3. The highest BCUT2D eigenvalue weighted by Gasteiger charge is 2.26. The summed E-state index contributed by atoms with van der Waals surface area (Å²) in [6.07, 6.45) is 4.98. The lowest BCUT2D eigenvalue weighted by Crippen LogP contribution is -2.48. The third-order valence-corrected chi connectivity index (χ3v) is 3.94. The Kier molecular flexibility index (Phi) is 7.67. The van der Waals surface area contributed by atoms with Crippen LogP contribution in [0.4, 0.5) is 0 Å². The smallest absolute Gasteiger partial charge is 0.302 e. The molecule has 1 rings (SSSR count). The van der Waals surface area contributed by atoms with Gasteiger partial charge in [-0.2, -0.15) is 0 Å². The quantitative estimate of drug-likeness (QED) is 0.601. The van der Waals surface area contributed by atoms with Crippen LogP contribution in [0.5, 0.6) is 0 Å². The summed E-state index contributed by atoms with van der Waals surface area (Å²) in [5, 5.41) is 12.5. The third kappa shape index (κ3) is 6.91. The van der Waals surface area contributed by atoms with Crippen LogP contribution in [0.15, 0.2) is 0 Å². The second-order valence-electron chi connectivity index (χ2n) is 6.01. The molecule has 0 bridgehead atoms. The number of rotatable bonds is 7. The van der Waals surface area contributed by atoms with Gasteiger partial charge in [-0.15, -0.1) is 0 Å². The number of hydrogen-bond acceptors (Lipinski definition) is 5. The summed E-state index contributed by atoms with van der Waals surface area (Å²) >= 11 is 0. The predicted molar refractivity (Wildman–Crippen MR) is 79.4 cm³/mol. The monoisotopic (exact) mass is 300 g/mol. The van der Waals surface area contributed by atoms with E-state index in [0.29, 0.717) is 12.3 Å². The van der Waals surface area contributed by atoms with Crippen molar-refractivity contribution in [3.05, 3.63) is 0 Å². The fourth-order valence-corrected chi connectivity index (χ4v) is 2.80. The topological polar surface area (TPSA) is 102 Å². The first-order valence-corrected chi connectivity index (χ1v) is 7.78. The van der Waals surface area contributed by atoms with Crippen molar-refractivity contribution in [1.29, 1.82) is 0 Å². The molecule has 0 spiro atoms. The minimum absolute atomic E-state index is 0.172. The lowest BCUT2D eigenvalue weighted by atomic mass is 9.84. The van der Waals surface area contributed by atoms with Crippen LogP contribution in [0.1, 0.15) is 52.4 Å². The molecular formula is C15H28N2O4. The zero-order valence-corrected chi connectivity index (χ0v) is 13.0. The van der Waals surface area contributed by atoms with E-state index >= 15 is 0 Å². The van der Waals surface area contributed by atoms with Gasteiger partial charge < -0.3 is 20.9 Å². The van der Waals surface area contributed by atoms with E-state index in [-0.39, 0.29) is 6.54 Å². The molecule has 122 valence electrons. The van der Waals surface area contributed by atoms with Gasteiger partial charge >= 0.3 is 5.97 Å². The molecular weight excluding hydrogens is 272 g/mol. The molecule has 0 aromatic rings. The Hall–Kier alpha value is -1.14. The molecule has 1 aliphatic rings. The molecule has 0 radical (unpaired) electrons. The average Bonchev–Trinajstić information content (AvgIpc) is 2.44. The Morgan fingerprint density at radius 2 is 1.95 bits per heavy atom. The van der Waals surface area contributed by atoms with Crippen molar-refractivity contribution >= 4 is 11.9 Å². The zero-order chi connectivity index (χ0) is 15.8. The number of aliphatic hydroxyl groups is 1. The van der Waals surface area contributed by atoms with E-state index in [0.717, 1.165) is 12.8 Å². The highest BCUT2D eigenvalue weighted by molar-refractivity contribution is 5.81. The molecule has 0 aliphatic heterocycles. The van der Waals surface area contributed by atoms with Crippen LogP contribution < -0.4 is 11.1 Å². The molecule has 6 nitrogen and oxygen atoms in total. The first-order chi connectivity index (χ1) is 9.90. The molecule has 21 heavy (non-hydrogen) atoms. The molecule has 6 heteroatoms. The van der Waals surface area contributed by atoms with Gasteiger partial charge in [0.25, 0.3) is 5.91 Å². The van der Waals surface area contributed by atoms with Crippen LogP contribution in [0.3, 0.4) is 0 Å². The van der Waals surface area contributed by atoms with Gasteiger partial charge in [0.2, 0.25) is 0 Å². The maximum atomic E-state index is 11.8. The van der Waals surface area contributed by atoms with E-state index in [9.17, 15) is 14.7 Å². The van der Waals surface area contributed by atoms with Crippen LogP contribution >= 0.6 is 0 Å². The standard InChI is InChI=1S/C15H28N2O4/c1-10(21-11(2)18)9-17-15(20)14(19)13(16)8-12-6-4-3-5-7-12/h10,12-14,19H,3-9,16H2,1-2H3,(H,17,20)/t10-,13-,14?/m1/s1. The lowest BCUT2D eigenvalue weighted by Gasteiger charge is -2.26. The van der Waals surface area contributed by atoms with Crippen molar-refractivity contribution in [2.24, 2.45) is 11.7 Å². The van der Waals surface area contributed by atoms with Crippen LogP contribution in [0.2, 0.25) is 0 Å². The van der Waals surface area contributed by atoms with Crippen molar-refractivity contribution < 1.29 is 19.4 Å². The molecule has 0 aromatic carbocycles. The molecule has 1 saturated carbocycles. The van der Waals surface area contributed by atoms with Gasteiger partial charge in [0.15, 0.2) is 0 Å². The van der Waals surface area contributed by atoms with Crippen molar-refractivity contribution in [2.75, 3.05) is 6.54 Å². The van der Waals surface area contributed by atoms with Gasteiger partial charge in [-0.1, -0.05) is 32.1 Å². The highest BCUT2D eigenvalue weighted by Crippen LogP contribution is 2.27. The SMILES string of the molecule is CC(=O)O[C@H](C)CNC(=O)C(O)[C@H](N)CC1CCCCC1. The number of esters is 1. The molecule has 0 saturated heterocycles. The largest absolute Gasteiger partial charge is 0.461 e. The number of carbonyl (C=O) groups is 2. The Balaban J connectivity index is 2.29. The summed E-state index contributed by atoms with van der Waals surface area (Å²) in [5.74, 6) is -0.389. The summed E-state index contributed by atoms with van der Waals surface area (Å²) in [7, 11) is 0.